The van der Waals surface area contributed by atoms with Gasteiger partial charge in [-0.3, -0.25) is 4.40 Å². The first-order chi connectivity index (χ1) is 9.60. The predicted molar refractivity (Wildman–Crippen MR) is 83.7 cm³/mol. The Morgan fingerprint density at radius 2 is 2.00 bits per heavy atom. The van der Waals surface area contributed by atoms with E-state index in [2.05, 4.69) is 53.0 Å². The van der Waals surface area contributed by atoms with Gasteiger partial charge in [0, 0.05) is 16.2 Å². The monoisotopic (exact) mass is 330 g/mol. The Balaban J connectivity index is 2.30. The molecular formula is C16H15BrN2O. The fourth-order valence-electron chi connectivity index (χ4n) is 2.51. The molecule has 0 saturated heterocycles. The van der Waals surface area contributed by atoms with Crippen LogP contribution < -0.4 is 0 Å². The lowest BCUT2D eigenvalue weighted by Gasteiger charge is -2.06. The average molecular weight is 331 g/mol. The van der Waals surface area contributed by atoms with Crippen molar-refractivity contribution in [1.29, 1.82) is 0 Å². The summed E-state index contributed by atoms with van der Waals surface area (Å²) in [6, 6.07) is 10.2. The zero-order valence-corrected chi connectivity index (χ0v) is 13.0. The van der Waals surface area contributed by atoms with E-state index in [4.69, 9.17) is 0 Å². The standard InChI is InChI=1S/C16H15BrN2O/c1-10-3-5-13(11(2)7-10)16-14(9-20)19-8-12(17)4-6-15(19)18-16/h3-8,20H,9H2,1-2H3. The van der Waals surface area contributed by atoms with Crippen molar-refractivity contribution in [2.45, 2.75) is 20.5 Å². The number of fused-ring (bicyclic) bond motifs is 1. The SMILES string of the molecule is Cc1ccc(-c2nc3ccc(Br)cn3c2CO)c(C)c1. The van der Waals surface area contributed by atoms with Crippen LogP contribution in [0.1, 0.15) is 16.8 Å². The minimum absolute atomic E-state index is 0.0414. The molecule has 0 aliphatic rings. The Hall–Kier alpha value is -1.65. The fourth-order valence-corrected chi connectivity index (χ4v) is 2.85. The Labute approximate surface area is 126 Å². The van der Waals surface area contributed by atoms with Crippen LogP contribution in [0.15, 0.2) is 41.0 Å². The van der Waals surface area contributed by atoms with E-state index in [1.54, 1.807) is 0 Å². The number of benzene rings is 1. The molecule has 1 N–H and O–H groups in total. The molecule has 20 heavy (non-hydrogen) atoms. The number of aryl methyl sites for hydroxylation is 2. The molecule has 0 bridgehead atoms. The molecule has 2 heterocycles. The van der Waals surface area contributed by atoms with E-state index in [0.29, 0.717) is 0 Å². The molecule has 0 fully saturated rings. The molecule has 3 aromatic rings. The highest BCUT2D eigenvalue weighted by molar-refractivity contribution is 9.10. The summed E-state index contributed by atoms with van der Waals surface area (Å²) in [6.07, 6.45) is 1.93. The summed E-state index contributed by atoms with van der Waals surface area (Å²) < 4.78 is 2.89. The van der Waals surface area contributed by atoms with Gasteiger partial charge in [-0.15, -0.1) is 0 Å². The molecule has 0 atom stereocenters. The Morgan fingerprint density at radius 3 is 2.70 bits per heavy atom. The number of aliphatic hydroxyl groups excluding tert-OH is 1. The van der Waals surface area contributed by atoms with Crippen molar-refractivity contribution in [2.24, 2.45) is 0 Å². The van der Waals surface area contributed by atoms with Crippen molar-refractivity contribution in [1.82, 2.24) is 9.38 Å². The van der Waals surface area contributed by atoms with Crippen molar-refractivity contribution in [3.8, 4) is 11.3 Å². The summed E-state index contributed by atoms with van der Waals surface area (Å²) in [6.45, 7) is 4.11. The molecule has 3 nitrogen and oxygen atoms in total. The second-order valence-electron chi connectivity index (χ2n) is 4.96. The number of hydrogen-bond donors (Lipinski definition) is 1. The van der Waals surface area contributed by atoms with E-state index in [1.807, 2.05) is 22.7 Å². The number of imidazole rings is 1. The minimum Gasteiger partial charge on any atom is -0.390 e. The van der Waals surface area contributed by atoms with Gasteiger partial charge in [0.2, 0.25) is 0 Å². The van der Waals surface area contributed by atoms with E-state index in [1.165, 1.54) is 11.1 Å². The van der Waals surface area contributed by atoms with Crippen LogP contribution >= 0.6 is 15.9 Å². The van der Waals surface area contributed by atoms with Gasteiger partial charge >= 0.3 is 0 Å². The lowest BCUT2D eigenvalue weighted by Crippen LogP contribution is -1.95. The van der Waals surface area contributed by atoms with Gasteiger partial charge in [-0.2, -0.15) is 0 Å². The van der Waals surface area contributed by atoms with Gasteiger partial charge in [-0.05, 0) is 47.5 Å². The molecule has 0 aliphatic heterocycles. The molecule has 3 rings (SSSR count). The zero-order chi connectivity index (χ0) is 14.3. The highest BCUT2D eigenvalue weighted by Gasteiger charge is 2.15. The Kier molecular flexibility index (Phi) is 3.36. The van der Waals surface area contributed by atoms with Crippen molar-refractivity contribution >= 4 is 21.6 Å². The Bertz CT molecular complexity index is 793. The maximum atomic E-state index is 9.73. The van der Waals surface area contributed by atoms with Gasteiger partial charge in [0.15, 0.2) is 0 Å². The number of hydrogen-bond acceptors (Lipinski definition) is 2. The van der Waals surface area contributed by atoms with Gasteiger partial charge in [0.25, 0.3) is 0 Å². The average Bonchev–Trinajstić information content (AvgIpc) is 2.76. The van der Waals surface area contributed by atoms with Crippen LogP contribution in [-0.2, 0) is 6.61 Å². The van der Waals surface area contributed by atoms with E-state index in [-0.39, 0.29) is 6.61 Å². The van der Waals surface area contributed by atoms with Gasteiger partial charge in [0.05, 0.1) is 18.0 Å². The van der Waals surface area contributed by atoms with Gasteiger partial charge in [-0.1, -0.05) is 23.8 Å². The summed E-state index contributed by atoms with van der Waals surface area (Å²) >= 11 is 3.46. The Morgan fingerprint density at radius 1 is 1.20 bits per heavy atom. The molecule has 2 aromatic heterocycles. The first-order valence-corrected chi connectivity index (χ1v) is 7.24. The largest absolute Gasteiger partial charge is 0.390 e. The zero-order valence-electron chi connectivity index (χ0n) is 11.4. The smallest absolute Gasteiger partial charge is 0.137 e. The van der Waals surface area contributed by atoms with E-state index >= 15 is 0 Å². The van der Waals surface area contributed by atoms with Gasteiger partial charge in [0.1, 0.15) is 5.65 Å². The van der Waals surface area contributed by atoms with Crippen molar-refractivity contribution < 1.29 is 5.11 Å². The molecule has 1 aromatic carbocycles. The minimum atomic E-state index is -0.0414. The maximum absolute atomic E-state index is 9.73. The van der Waals surface area contributed by atoms with Crippen LogP contribution in [0, 0.1) is 13.8 Å². The highest BCUT2D eigenvalue weighted by atomic mass is 79.9. The molecule has 4 heteroatoms. The van der Waals surface area contributed by atoms with Gasteiger partial charge < -0.3 is 5.11 Å². The third-order valence-electron chi connectivity index (χ3n) is 3.47. The second-order valence-corrected chi connectivity index (χ2v) is 5.87. The highest BCUT2D eigenvalue weighted by Crippen LogP contribution is 2.28. The van der Waals surface area contributed by atoms with Gasteiger partial charge in [-0.25, -0.2) is 4.98 Å². The lowest BCUT2D eigenvalue weighted by molar-refractivity contribution is 0.276. The number of aromatic nitrogens is 2. The molecular weight excluding hydrogens is 316 g/mol. The topological polar surface area (TPSA) is 37.5 Å². The number of rotatable bonds is 2. The molecule has 0 aliphatic carbocycles. The summed E-state index contributed by atoms with van der Waals surface area (Å²) in [4.78, 5) is 4.67. The second kappa shape index (κ2) is 5.04. The number of nitrogens with zero attached hydrogens (tertiary/aromatic N) is 2. The van der Waals surface area contributed by atoms with Crippen molar-refractivity contribution in [3.05, 3.63) is 57.8 Å². The summed E-state index contributed by atoms with van der Waals surface area (Å²) in [5.74, 6) is 0. The fraction of sp³-hybridized carbons (Fsp3) is 0.188. The van der Waals surface area contributed by atoms with E-state index in [9.17, 15) is 5.11 Å². The third-order valence-corrected chi connectivity index (χ3v) is 3.94. The van der Waals surface area contributed by atoms with Crippen LogP contribution in [0.3, 0.4) is 0 Å². The lowest BCUT2D eigenvalue weighted by atomic mass is 10.0. The summed E-state index contributed by atoms with van der Waals surface area (Å²) in [5.41, 5.74) is 5.97. The molecule has 102 valence electrons. The van der Waals surface area contributed by atoms with Crippen LogP contribution in [0.2, 0.25) is 0 Å². The third kappa shape index (κ3) is 2.15. The van der Waals surface area contributed by atoms with Crippen LogP contribution in [0.4, 0.5) is 0 Å². The molecule has 0 radical (unpaired) electrons. The quantitative estimate of drug-likeness (QED) is 0.774. The number of pyridine rings is 1. The summed E-state index contributed by atoms with van der Waals surface area (Å²) in [5, 5.41) is 9.73. The van der Waals surface area contributed by atoms with E-state index < -0.39 is 0 Å². The van der Waals surface area contributed by atoms with E-state index in [0.717, 1.165) is 27.1 Å². The molecule has 0 unspecified atom stereocenters. The summed E-state index contributed by atoms with van der Waals surface area (Å²) in [7, 11) is 0. The van der Waals surface area contributed by atoms with Crippen LogP contribution in [0.5, 0.6) is 0 Å². The van der Waals surface area contributed by atoms with Crippen molar-refractivity contribution in [2.75, 3.05) is 0 Å². The first-order valence-electron chi connectivity index (χ1n) is 6.45. The molecule has 0 amide bonds. The molecule has 0 saturated carbocycles. The maximum Gasteiger partial charge on any atom is 0.137 e. The molecule has 0 spiro atoms. The normalized spacial score (nSPS) is 11.2. The number of aliphatic hydroxyl groups is 1. The number of halogens is 1. The van der Waals surface area contributed by atoms with Crippen LogP contribution in [-0.4, -0.2) is 14.5 Å². The van der Waals surface area contributed by atoms with Crippen molar-refractivity contribution in [3.63, 3.8) is 0 Å². The predicted octanol–water partition coefficient (Wildman–Crippen LogP) is 3.87. The van der Waals surface area contributed by atoms with Crippen LogP contribution in [0.25, 0.3) is 16.9 Å². The first kappa shape index (κ1) is 13.3.